The van der Waals surface area contributed by atoms with Crippen molar-refractivity contribution in [3.05, 3.63) is 59.8 Å². The zero-order chi connectivity index (χ0) is 13.7. The molecule has 0 aliphatic rings. The Morgan fingerprint density at radius 2 is 2.00 bits per heavy atom. The highest BCUT2D eigenvalue weighted by Crippen LogP contribution is 2.28. The Labute approximate surface area is 115 Å². The normalized spacial score (nSPS) is 11.2. The van der Waals surface area contributed by atoms with Crippen LogP contribution in [-0.2, 0) is 0 Å². The van der Waals surface area contributed by atoms with E-state index in [1.165, 1.54) is 0 Å². The molecule has 0 amide bonds. The molecule has 94 valence electrons. The van der Waals surface area contributed by atoms with Gasteiger partial charge in [-0.3, -0.25) is 4.40 Å². The summed E-state index contributed by atoms with van der Waals surface area (Å²) in [6.07, 6.45) is 1.80. The molecule has 3 nitrogen and oxygen atoms in total. The van der Waals surface area contributed by atoms with Gasteiger partial charge in [0.15, 0.2) is 0 Å². The minimum atomic E-state index is 0.699. The Kier molecular flexibility index (Phi) is 2.10. The fraction of sp³-hybridized carbons (Fsp3) is 0.0588. The van der Waals surface area contributed by atoms with E-state index in [0.29, 0.717) is 5.56 Å². The summed E-state index contributed by atoms with van der Waals surface area (Å²) in [6, 6.07) is 16.3. The molecule has 0 spiro atoms. The SMILES string of the molecule is Cc1cc2c(C#N)cccc2n2c1cc1cccnc12. The van der Waals surface area contributed by atoms with Crippen LogP contribution in [0.2, 0.25) is 0 Å². The molecule has 0 atom stereocenters. The second-order valence-corrected chi connectivity index (χ2v) is 4.96. The van der Waals surface area contributed by atoms with Gasteiger partial charge in [-0.2, -0.15) is 5.26 Å². The molecule has 0 N–H and O–H groups in total. The van der Waals surface area contributed by atoms with E-state index in [-0.39, 0.29) is 0 Å². The molecule has 0 saturated heterocycles. The van der Waals surface area contributed by atoms with Gasteiger partial charge in [0.05, 0.1) is 22.7 Å². The van der Waals surface area contributed by atoms with Crippen LogP contribution in [-0.4, -0.2) is 9.38 Å². The van der Waals surface area contributed by atoms with Crippen molar-refractivity contribution in [3.63, 3.8) is 0 Å². The van der Waals surface area contributed by atoms with E-state index in [1.807, 2.05) is 24.3 Å². The topological polar surface area (TPSA) is 41.1 Å². The number of hydrogen-bond acceptors (Lipinski definition) is 2. The van der Waals surface area contributed by atoms with Gasteiger partial charge in [0.2, 0.25) is 0 Å². The van der Waals surface area contributed by atoms with Crippen LogP contribution >= 0.6 is 0 Å². The second kappa shape index (κ2) is 3.82. The van der Waals surface area contributed by atoms with Gasteiger partial charge >= 0.3 is 0 Å². The Hall–Kier alpha value is -2.86. The van der Waals surface area contributed by atoms with E-state index in [2.05, 4.69) is 40.6 Å². The molecular weight excluding hydrogens is 246 g/mol. The summed E-state index contributed by atoms with van der Waals surface area (Å²) in [5, 5.41) is 11.4. The second-order valence-electron chi connectivity index (χ2n) is 4.96. The molecule has 0 fully saturated rings. The molecule has 0 aliphatic carbocycles. The molecule has 0 unspecified atom stereocenters. The molecule has 4 aromatic rings. The van der Waals surface area contributed by atoms with E-state index >= 15 is 0 Å². The fourth-order valence-corrected chi connectivity index (χ4v) is 2.86. The van der Waals surface area contributed by atoms with E-state index in [4.69, 9.17) is 0 Å². The van der Waals surface area contributed by atoms with Crippen LogP contribution in [0, 0.1) is 18.3 Å². The number of rotatable bonds is 0. The summed E-state index contributed by atoms with van der Waals surface area (Å²) in [5.74, 6) is 0. The number of nitriles is 1. The van der Waals surface area contributed by atoms with Crippen LogP contribution in [0.3, 0.4) is 0 Å². The molecule has 3 aromatic heterocycles. The highest BCUT2D eigenvalue weighted by Gasteiger charge is 2.11. The Morgan fingerprint density at radius 1 is 1.10 bits per heavy atom. The largest absolute Gasteiger partial charge is 0.294 e. The highest BCUT2D eigenvalue weighted by molar-refractivity contribution is 5.96. The smallest absolute Gasteiger partial charge is 0.144 e. The monoisotopic (exact) mass is 257 g/mol. The first-order valence-corrected chi connectivity index (χ1v) is 6.48. The van der Waals surface area contributed by atoms with Crippen LogP contribution in [0.15, 0.2) is 48.7 Å². The molecular formula is C17H11N3. The molecule has 4 rings (SSSR count). The minimum absolute atomic E-state index is 0.699. The third kappa shape index (κ3) is 1.31. The molecule has 0 bridgehead atoms. The zero-order valence-electron chi connectivity index (χ0n) is 11.0. The van der Waals surface area contributed by atoms with Crippen molar-refractivity contribution in [3.8, 4) is 6.07 Å². The standard InChI is InChI=1S/C17H11N3/c1-11-8-14-13(10-18)4-2-6-15(14)20-16(11)9-12-5-3-7-19-17(12)20/h2-9H,1H3. The van der Waals surface area contributed by atoms with Crippen molar-refractivity contribution in [2.24, 2.45) is 0 Å². The highest BCUT2D eigenvalue weighted by atomic mass is 15.0. The Morgan fingerprint density at radius 3 is 2.85 bits per heavy atom. The van der Waals surface area contributed by atoms with Crippen LogP contribution in [0.25, 0.3) is 27.5 Å². The maximum Gasteiger partial charge on any atom is 0.144 e. The Bertz CT molecular complexity index is 1020. The first-order valence-electron chi connectivity index (χ1n) is 6.48. The number of benzene rings is 1. The lowest BCUT2D eigenvalue weighted by Crippen LogP contribution is -1.93. The maximum atomic E-state index is 9.29. The van der Waals surface area contributed by atoms with Crippen LogP contribution in [0.5, 0.6) is 0 Å². The lowest BCUT2D eigenvalue weighted by molar-refractivity contribution is 1.23. The van der Waals surface area contributed by atoms with Crippen molar-refractivity contribution < 1.29 is 0 Å². The Balaban J connectivity index is 2.38. The van der Waals surface area contributed by atoms with Crippen molar-refractivity contribution >= 4 is 27.5 Å². The van der Waals surface area contributed by atoms with Crippen molar-refractivity contribution in [1.29, 1.82) is 5.26 Å². The maximum absolute atomic E-state index is 9.29. The van der Waals surface area contributed by atoms with E-state index < -0.39 is 0 Å². The quantitative estimate of drug-likeness (QED) is 0.480. The van der Waals surface area contributed by atoms with Gasteiger partial charge in [0.1, 0.15) is 5.65 Å². The van der Waals surface area contributed by atoms with Gasteiger partial charge in [-0.15, -0.1) is 0 Å². The predicted molar refractivity (Wildman–Crippen MR) is 79.7 cm³/mol. The van der Waals surface area contributed by atoms with Crippen molar-refractivity contribution in [1.82, 2.24) is 9.38 Å². The summed E-state index contributed by atoms with van der Waals surface area (Å²) in [4.78, 5) is 4.50. The zero-order valence-corrected chi connectivity index (χ0v) is 11.0. The average molecular weight is 257 g/mol. The molecule has 20 heavy (non-hydrogen) atoms. The lowest BCUT2D eigenvalue weighted by atomic mass is 10.1. The lowest BCUT2D eigenvalue weighted by Gasteiger charge is -2.07. The van der Waals surface area contributed by atoms with E-state index in [0.717, 1.165) is 33.0 Å². The third-order valence-corrected chi connectivity index (χ3v) is 3.77. The summed E-state index contributed by atoms with van der Waals surface area (Å²) >= 11 is 0. The minimum Gasteiger partial charge on any atom is -0.294 e. The van der Waals surface area contributed by atoms with Gasteiger partial charge in [-0.25, -0.2) is 4.98 Å². The number of aromatic nitrogens is 2. The number of hydrogen-bond donors (Lipinski definition) is 0. The summed E-state index contributed by atoms with van der Waals surface area (Å²) < 4.78 is 2.14. The predicted octanol–water partition coefficient (Wildman–Crippen LogP) is 3.82. The van der Waals surface area contributed by atoms with Gasteiger partial charge in [0.25, 0.3) is 0 Å². The van der Waals surface area contributed by atoms with E-state index in [1.54, 1.807) is 6.20 Å². The van der Waals surface area contributed by atoms with Gasteiger partial charge in [0, 0.05) is 17.0 Å². The number of fused-ring (bicyclic) bond motifs is 5. The molecule has 0 saturated carbocycles. The summed E-state index contributed by atoms with van der Waals surface area (Å²) in [6.45, 7) is 2.07. The van der Waals surface area contributed by atoms with Crippen LogP contribution in [0.1, 0.15) is 11.1 Å². The third-order valence-electron chi connectivity index (χ3n) is 3.77. The van der Waals surface area contributed by atoms with Crippen LogP contribution in [0.4, 0.5) is 0 Å². The van der Waals surface area contributed by atoms with Crippen LogP contribution < -0.4 is 0 Å². The van der Waals surface area contributed by atoms with Gasteiger partial charge < -0.3 is 0 Å². The fourth-order valence-electron chi connectivity index (χ4n) is 2.86. The average Bonchev–Trinajstić information content (AvgIpc) is 2.87. The molecule has 3 heteroatoms. The molecule has 1 aromatic carbocycles. The number of nitrogens with zero attached hydrogens (tertiary/aromatic N) is 3. The molecule has 0 aliphatic heterocycles. The van der Waals surface area contributed by atoms with E-state index in [9.17, 15) is 5.26 Å². The first-order chi connectivity index (χ1) is 9.79. The first kappa shape index (κ1) is 11.0. The molecule has 3 heterocycles. The number of pyridine rings is 2. The summed E-state index contributed by atoms with van der Waals surface area (Å²) in [7, 11) is 0. The van der Waals surface area contributed by atoms with Crippen molar-refractivity contribution in [2.45, 2.75) is 6.92 Å². The molecule has 0 radical (unpaired) electrons. The number of aryl methyl sites for hydroxylation is 1. The van der Waals surface area contributed by atoms with Gasteiger partial charge in [-0.05, 0) is 48.9 Å². The van der Waals surface area contributed by atoms with Gasteiger partial charge in [-0.1, -0.05) is 6.07 Å². The van der Waals surface area contributed by atoms with Crippen molar-refractivity contribution in [2.75, 3.05) is 0 Å². The summed E-state index contributed by atoms with van der Waals surface area (Å²) in [5.41, 5.74) is 4.95.